The summed E-state index contributed by atoms with van der Waals surface area (Å²) >= 11 is 0. The lowest BCUT2D eigenvalue weighted by atomic mass is 9.94. The molecule has 0 aliphatic heterocycles. The van der Waals surface area contributed by atoms with Gasteiger partial charge in [0.05, 0.1) is 12.3 Å². The number of amides is 1. The third-order valence-electron chi connectivity index (χ3n) is 10.0. The van der Waals surface area contributed by atoms with Crippen molar-refractivity contribution < 1.29 is 23.9 Å². The lowest BCUT2D eigenvalue weighted by molar-refractivity contribution is -0.156. The first kappa shape index (κ1) is 52.1. The first-order valence-corrected chi connectivity index (χ1v) is 24.8. The molecular formula is C44H86N2O5S2. The second-order valence-electron chi connectivity index (χ2n) is 15.4. The number of ether oxygens (including phenoxy) is 2. The van der Waals surface area contributed by atoms with Gasteiger partial charge in [-0.3, -0.25) is 14.4 Å². The molecule has 0 saturated carbocycles. The average molecular weight is 787 g/mol. The zero-order valence-electron chi connectivity index (χ0n) is 35.6. The molecule has 0 unspecified atom stereocenters. The largest absolute Gasteiger partial charge is 0.462 e. The van der Waals surface area contributed by atoms with Crippen molar-refractivity contribution in [1.82, 2.24) is 9.80 Å². The lowest BCUT2D eigenvalue weighted by Gasteiger charge is -2.23. The van der Waals surface area contributed by atoms with Gasteiger partial charge in [-0.25, -0.2) is 0 Å². The predicted molar refractivity (Wildman–Crippen MR) is 232 cm³/mol. The SMILES string of the molecule is CCCCCCCCCCCCCSSCCC(=O)N(CCCN(C)C)CCC(=O)OCCOC(=O)C(CCCCCCCC)CCCCCCCC. The molecule has 7 nitrogen and oxygen atoms in total. The maximum atomic E-state index is 13.1. The van der Waals surface area contributed by atoms with Crippen LogP contribution in [0.15, 0.2) is 0 Å². The summed E-state index contributed by atoms with van der Waals surface area (Å²) in [5, 5.41) is 0. The summed E-state index contributed by atoms with van der Waals surface area (Å²) in [5.41, 5.74) is 0. The molecule has 0 aromatic heterocycles. The van der Waals surface area contributed by atoms with E-state index in [1.54, 1.807) is 10.8 Å². The van der Waals surface area contributed by atoms with Crippen molar-refractivity contribution in [3.63, 3.8) is 0 Å². The highest BCUT2D eigenvalue weighted by Gasteiger charge is 2.20. The van der Waals surface area contributed by atoms with Gasteiger partial charge in [0.2, 0.25) is 5.91 Å². The van der Waals surface area contributed by atoms with Crippen LogP contribution in [0.3, 0.4) is 0 Å². The van der Waals surface area contributed by atoms with Gasteiger partial charge in [0, 0.05) is 31.0 Å². The van der Waals surface area contributed by atoms with E-state index in [1.165, 1.54) is 135 Å². The number of nitrogens with zero attached hydrogens (tertiary/aromatic N) is 2. The lowest BCUT2D eigenvalue weighted by Crippen LogP contribution is -2.35. The topological polar surface area (TPSA) is 76.2 Å². The number of esters is 2. The minimum atomic E-state index is -0.348. The van der Waals surface area contributed by atoms with Gasteiger partial charge in [0.25, 0.3) is 0 Å². The van der Waals surface area contributed by atoms with Crippen LogP contribution >= 0.6 is 21.6 Å². The summed E-state index contributed by atoms with van der Waals surface area (Å²) < 4.78 is 11.1. The summed E-state index contributed by atoms with van der Waals surface area (Å²) in [7, 11) is 7.75. The van der Waals surface area contributed by atoms with Crippen molar-refractivity contribution in [3.05, 3.63) is 0 Å². The number of hydrogen-bond donors (Lipinski definition) is 0. The predicted octanol–water partition coefficient (Wildman–Crippen LogP) is 12.4. The Kier molecular flexibility index (Phi) is 40.0. The average Bonchev–Trinajstić information content (AvgIpc) is 3.14. The Morgan fingerprint density at radius 2 is 0.943 bits per heavy atom. The maximum Gasteiger partial charge on any atom is 0.309 e. The summed E-state index contributed by atoms with van der Waals surface area (Å²) in [5.74, 6) is 1.48. The monoisotopic (exact) mass is 787 g/mol. The first-order chi connectivity index (χ1) is 25.8. The number of hydrogen-bond acceptors (Lipinski definition) is 8. The zero-order chi connectivity index (χ0) is 39.0. The highest BCUT2D eigenvalue weighted by Crippen LogP contribution is 2.25. The molecule has 0 saturated heterocycles. The van der Waals surface area contributed by atoms with E-state index in [2.05, 4.69) is 25.7 Å². The fourth-order valence-corrected chi connectivity index (χ4v) is 8.73. The first-order valence-electron chi connectivity index (χ1n) is 22.3. The second-order valence-corrected chi connectivity index (χ2v) is 18.1. The van der Waals surface area contributed by atoms with E-state index in [-0.39, 0.29) is 43.4 Å². The van der Waals surface area contributed by atoms with Crippen LogP contribution in [0.1, 0.15) is 201 Å². The Hall–Kier alpha value is -0.930. The molecule has 0 heterocycles. The van der Waals surface area contributed by atoms with Crippen molar-refractivity contribution >= 4 is 39.4 Å². The number of rotatable bonds is 41. The quantitative estimate of drug-likeness (QED) is 0.0344. The smallest absolute Gasteiger partial charge is 0.309 e. The summed E-state index contributed by atoms with van der Waals surface area (Å²) in [6.07, 6.45) is 32.8. The van der Waals surface area contributed by atoms with Crippen molar-refractivity contribution in [1.29, 1.82) is 0 Å². The molecule has 0 fully saturated rings. The second kappa shape index (κ2) is 40.7. The Bertz CT molecular complexity index is 816. The Labute approximate surface area is 336 Å². The molecule has 1 amide bonds. The van der Waals surface area contributed by atoms with Crippen LogP contribution in [0.25, 0.3) is 0 Å². The summed E-state index contributed by atoms with van der Waals surface area (Å²) in [4.78, 5) is 42.7. The Morgan fingerprint density at radius 3 is 1.45 bits per heavy atom. The molecule has 0 bridgehead atoms. The van der Waals surface area contributed by atoms with Crippen molar-refractivity contribution in [2.24, 2.45) is 5.92 Å². The van der Waals surface area contributed by atoms with Crippen LogP contribution in [0, 0.1) is 5.92 Å². The van der Waals surface area contributed by atoms with E-state index in [9.17, 15) is 14.4 Å². The fraction of sp³-hybridized carbons (Fsp3) is 0.932. The molecule has 0 aliphatic rings. The van der Waals surface area contributed by atoms with E-state index in [0.717, 1.165) is 50.2 Å². The molecule has 0 aromatic carbocycles. The fourth-order valence-electron chi connectivity index (χ4n) is 6.61. The van der Waals surface area contributed by atoms with Gasteiger partial charge in [0.1, 0.15) is 13.2 Å². The summed E-state index contributed by atoms with van der Waals surface area (Å²) in [6.45, 7) is 8.78. The van der Waals surface area contributed by atoms with Gasteiger partial charge in [-0.05, 0) is 46.3 Å². The third kappa shape index (κ3) is 36.5. The van der Waals surface area contributed by atoms with E-state index < -0.39 is 0 Å². The van der Waals surface area contributed by atoms with Gasteiger partial charge in [-0.15, -0.1) is 0 Å². The molecule has 53 heavy (non-hydrogen) atoms. The van der Waals surface area contributed by atoms with Gasteiger partial charge in [-0.1, -0.05) is 184 Å². The van der Waals surface area contributed by atoms with Crippen LogP contribution in [0.5, 0.6) is 0 Å². The van der Waals surface area contributed by atoms with Crippen molar-refractivity contribution in [2.75, 3.05) is 58.4 Å². The van der Waals surface area contributed by atoms with Gasteiger partial charge >= 0.3 is 11.9 Å². The van der Waals surface area contributed by atoms with Gasteiger partial charge in [-0.2, -0.15) is 0 Å². The molecule has 314 valence electrons. The van der Waals surface area contributed by atoms with E-state index >= 15 is 0 Å². The summed E-state index contributed by atoms with van der Waals surface area (Å²) in [6, 6.07) is 0. The number of carbonyl (C=O) groups excluding carboxylic acids is 3. The van der Waals surface area contributed by atoms with E-state index in [0.29, 0.717) is 19.5 Å². The molecule has 0 aromatic rings. The van der Waals surface area contributed by atoms with Crippen LogP contribution in [-0.4, -0.2) is 86.1 Å². The normalized spacial score (nSPS) is 11.5. The number of unbranched alkanes of at least 4 members (excludes halogenated alkanes) is 20. The van der Waals surface area contributed by atoms with Crippen molar-refractivity contribution in [3.8, 4) is 0 Å². The standard InChI is InChI=1S/C44H86N2O5S2/c1-6-9-12-15-18-19-20-21-22-25-28-39-52-53-40-33-42(47)46(35-29-34-45(4)5)36-32-43(48)50-37-38-51-44(49)41(30-26-23-16-13-10-7-2)31-27-24-17-14-11-8-3/h41H,6-40H2,1-5H3. The molecule has 0 rings (SSSR count). The van der Waals surface area contributed by atoms with E-state index in [4.69, 9.17) is 9.47 Å². The van der Waals surface area contributed by atoms with Crippen LogP contribution in [0.2, 0.25) is 0 Å². The Balaban J connectivity index is 4.40. The van der Waals surface area contributed by atoms with E-state index in [1.807, 2.05) is 29.8 Å². The molecule has 0 radical (unpaired) electrons. The zero-order valence-corrected chi connectivity index (χ0v) is 37.2. The van der Waals surface area contributed by atoms with Gasteiger partial charge in [0.15, 0.2) is 0 Å². The molecule has 0 spiro atoms. The highest BCUT2D eigenvalue weighted by molar-refractivity contribution is 8.76. The molecular weight excluding hydrogens is 701 g/mol. The van der Waals surface area contributed by atoms with Crippen LogP contribution in [-0.2, 0) is 23.9 Å². The van der Waals surface area contributed by atoms with Gasteiger partial charge < -0.3 is 19.3 Å². The highest BCUT2D eigenvalue weighted by atomic mass is 33.1. The molecule has 0 N–H and O–H groups in total. The van der Waals surface area contributed by atoms with Crippen molar-refractivity contribution in [2.45, 2.75) is 201 Å². The van der Waals surface area contributed by atoms with Crippen LogP contribution in [0.4, 0.5) is 0 Å². The molecule has 0 atom stereocenters. The maximum absolute atomic E-state index is 13.1. The Morgan fingerprint density at radius 1 is 0.491 bits per heavy atom. The minimum absolute atomic E-state index is 0.0624. The third-order valence-corrected chi connectivity index (χ3v) is 12.5. The molecule has 9 heteroatoms. The van der Waals surface area contributed by atoms with Crippen LogP contribution < -0.4 is 0 Å². The number of carbonyl (C=O) groups is 3. The minimum Gasteiger partial charge on any atom is -0.462 e. The molecule has 0 aliphatic carbocycles.